The van der Waals surface area contributed by atoms with E-state index in [0.29, 0.717) is 0 Å². The fourth-order valence-corrected chi connectivity index (χ4v) is 1.78. The van der Waals surface area contributed by atoms with Crippen molar-refractivity contribution < 1.29 is 4.39 Å². The molecule has 2 aromatic carbocycles. The molecule has 0 aliphatic carbocycles. The lowest BCUT2D eigenvalue weighted by Gasteiger charge is -2.03. The first kappa shape index (κ1) is 8.70. The van der Waals surface area contributed by atoms with Crippen LogP contribution in [0.5, 0.6) is 0 Å². The second-order valence-corrected chi connectivity index (χ2v) is 3.89. The molecule has 0 amide bonds. The van der Waals surface area contributed by atoms with Crippen LogP contribution in [0.3, 0.4) is 0 Å². The van der Waals surface area contributed by atoms with Gasteiger partial charge in [0.2, 0.25) is 0 Å². The van der Waals surface area contributed by atoms with Gasteiger partial charge in [-0.2, -0.15) is 0 Å². The summed E-state index contributed by atoms with van der Waals surface area (Å²) in [6.07, 6.45) is 0. The Balaban J connectivity index is 2.87. The quantitative estimate of drug-likeness (QED) is 0.650. The number of fused-ring (bicyclic) bond motifs is 1. The summed E-state index contributed by atoms with van der Waals surface area (Å²) in [5.41, 5.74) is 1.15. The molecule has 0 aliphatic heterocycles. The fraction of sp³-hybridized carbons (Fsp3) is 0.0909. The molecule has 66 valence electrons. The molecule has 0 saturated carbocycles. The van der Waals surface area contributed by atoms with Crippen molar-refractivity contribution in [1.29, 1.82) is 0 Å². The van der Waals surface area contributed by atoms with E-state index in [-0.39, 0.29) is 5.82 Å². The minimum absolute atomic E-state index is 0.186. The van der Waals surface area contributed by atoms with Crippen LogP contribution in [0.25, 0.3) is 10.8 Å². The summed E-state index contributed by atoms with van der Waals surface area (Å²) in [7, 11) is 0. The van der Waals surface area contributed by atoms with Crippen LogP contribution >= 0.6 is 15.9 Å². The largest absolute Gasteiger partial charge is 0.207 e. The summed E-state index contributed by atoms with van der Waals surface area (Å²) in [4.78, 5) is 0. The minimum atomic E-state index is -0.186. The monoisotopic (exact) mass is 238 g/mol. The second-order valence-electron chi connectivity index (χ2n) is 3.04. The van der Waals surface area contributed by atoms with Gasteiger partial charge in [-0.25, -0.2) is 4.39 Å². The van der Waals surface area contributed by atoms with Crippen molar-refractivity contribution in [3.8, 4) is 0 Å². The molecule has 0 N–H and O–H groups in total. The van der Waals surface area contributed by atoms with E-state index < -0.39 is 0 Å². The van der Waals surface area contributed by atoms with Crippen LogP contribution in [0.15, 0.2) is 34.8 Å². The van der Waals surface area contributed by atoms with Crippen molar-refractivity contribution in [3.05, 3.63) is 46.2 Å². The average molecular weight is 239 g/mol. The van der Waals surface area contributed by atoms with Gasteiger partial charge in [-0.1, -0.05) is 28.1 Å². The summed E-state index contributed by atoms with van der Waals surface area (Å²) >= 11 is 3.44. The molecule has 2 rings (SSSR count). The first-order valence-electron chi connectivity index (χ1n) is 4.03. The SMILES string of the molecule is Cc1c(Br)ccc2cc(F)ccc12. The highest BCUT2D eigenvalue weighted by molar-refractivity contribution is 9.10. The first-order chi connectivity index (χ1) is 6.18. The van der Waals surface area contributed by atoms with Gasteiger partial charge in [0.15, 0.2) is 0 Å². The second kappa shape index (κ2) is 3.11. The standard InChI is InChI=1S/C11H8BrF/c1-7-10-4-3-9(13)6-8(10)2-5-11(7)12/h2-6H,1H3. The van der Waals surface area contributed by atoms with Gasteiger partial charge < -0.3 is 0 Å². The predicted molar refractivity (Wildman–Crippen MR) is 56.3 cm³/mol. The molecule has 0 spiro atoms. The lowest BCUT2D eigenvalue weighted by atomic mass is 10.1. The number of hydrogen-bond acceptors (Lipinski definition) is 0. The Kier molecular flexibility index (Phi) is 2.08. The molecule has 0 aliphatic rings. The molecular weight excluding hydrogens is 231 g/mol. The van der Waals surface area contributed by atoms with Crippen LogP contribution in [0.2, 0.25) is 0 Å². The van der Waals surface area contributed by atoms with Crippen LogP contribution in [-0.4, -0.2) is 0 Å². The molecule has 0 atom stereocenters. The van der Waals surface area contributed by atoms with Gasteiger partial charge in [-0.05, 0) is 41.5 Å². The summed E-state index contributed by atoms with van der Waals surface area (Å²) in [6, 6.07) is 8.70. The zero-order valence-corrected chi connectivity index (χ0v) is 8.73. The normalized spacial score (nSPS) is 10.7. The van der Waals surface area contributed by atoms with Crippen molar-refractivity contribution in [2.75, 3.05) is 0 Å². The Labute approximate surface area is 84.5 Å². The molecule has 0 nitrogen and oxygen atoms in total. The van der Waals surface area contributed by atoms with Crippen molar-refractivity contribution in [3.63, 3.8) is 0 Å². The lowest BCUT2D eigenvalue weighted by molar-refractivity contribution is 0.629. The van der Waals surface area contributed by atoms with E-state index in [9.17, 15) is 4.39 Å². The molecule has 0 heterocycles. The average Bonchev–Trinajstić information content (AvgIpc) is 2.12. The van der Waals surface area contributed by atoms with E-state index in [1.165, 1.54) is 6.07 Å². The summed E-state index contributed by atoms with van der Waals surface area (Å²) < 4.78 is 13.9. The summed E-state index contributed by atoms with van der Waals surface area (Å²) in [6.45, 7) is 2.02. The number of rotatable bonds is 0. The number of hydrogen-bond donors (Lipinski definition) is 0. The van der Waals surface area contributed by atoms with E-state index >= 15 is 0 Å². The Bertz CT molecular complexity index is 463. The maximum Gasteiger partial charge on any atom is 0.123 e. The molecule has 0 fully saturated rings. The molecule has 13 heavy (non-hydrogen) atoms. The Morgan fingerprint density at radius 3 is 2.69 bits per heavy atom. The number of aryl methyl sites for hydroxylation is 1. The third-order valence-electron chi connectivity index (χ3n) is 2.19. The molecule has 2 heteroatoms. The smallest absolute Gasteiger partial charge is 0.123 e. The third kappa shape index (κ3) is 1.46. The van der Waals surface area contributed by atoms with Gasteiger partial charge in [-0.3, -0.25) is 0 Å². The summed E-state index contributed by atoms with van der Waals surface area (Å²) in [5.74, 6) is -0.186. The van der Waals surface area contributed by atoms with E-state index in [1.54, 1.807) is 6.07 Å². The lowest BCUT2D eigenvalue weighted by Crippen LogP contribution is -1.81. The van der Waals surface area contributed by atoms with E-state index in [0.717, 1.165) is 20.8 Å². The van der Waals surface area contributed by atoms with Crippen LogP contribution in [0, 0.1) is 12.7 Å². The van der Waals surface area contributed by atoms with Gasteiger partial charge in [0, 0.05) is 4.47 Å². The maximum atomic E-state index is 12.9. The third-order valence-corrected chi connectivity index (χ3v) is 3.04. The topological polar surface area (TPSA) is 0 Å². The molecular formula is C11H8BrF. The first-order valence-corrected chi connectivity index (χ1v) is 4.82. The molecule has 0 saturated heterocycles. The van der Waals surface area contributed by atoms with Gasteiger partial charge in [0.25, 0.3) is 0 Å². The predicted octanol–water partition coefficient (Wildman–Crippen LogP) is 4.05. The van der Waals surface area contributed by atoms with Gasteiger partial charge in [0.05, 0.1) is 0 Å². The van der Waals surface area contributed by atoms with Crippen LogP contribution in [0.1, 0.15) is 5.56 Å². The van der Waals surface area contributed by atoms with Crippen molar-refractivity contribution in [1.82, 2.24) is 0 Å². The van der Waals surface area contributed by atoms with Crippen LogP contribution in [-0.2, 0) is 0 Å². The molecule has 0 aromatic heterocycles. The van der Waals surface area contributed by atoms with E-state index in [1.807, 2.05) is 25.1 Å². The van der Waals surface area contributed by atoms with Crippen molar-refractivity contribution in [2.45, 2.75) is 6.92 Å². The fourth-order valence-electron chi connectivity index (χ4n) is 1.43. The van der Waals surface area contributed by atoms with E-state index in [4.69, 9.17) is 0 Å². The molecule has 0 unspecified atom stereocenters. The van der Waals surface area contributed by atoms with Crippen molar-refractivity contribution in [2.24, 2.45) is 0 Å². The molecule has 2 aromatic rings. The Morgan fingerprint density at radius 1 is 1.15 bits per heavy atom. The highest BCUT2D eigenvalue weighted by atomic mass is 79.9. The van der Waals surface area contributed by atoms with Crippen LogP contribution in [0.4, 0.5) is 4.39 Å². The maximum absolute atomic E-state index is 12.9. The van der Waals surface area contributed by atoms with E-state index in [2.05, 4.69) is 15.9 Å². The summed E-state index contributed by atoms with van der Waals surface area (Å²) in [5, 5.41) is 2.04. The highest BCUT2D eigenvalue weighted by Gasteiger charge is 2.01. The molecule has 0 radical (unpaired) electrons. The highest BCUT2D eigenvalue weighted by Crippen LogP contribution is 2.25. The van der Waals surface area contributed by atoms with Gasteiger partial charge in [0.1, 0.15) is 5.82 Å². The van der Waals surface area contributed by atoms with Crippen LogP contribution < -0.4 is 0 Å². The van der Waals surface area contributed by atoms with Gasteiger partial charge >= 0.3 is 0 Å². The molecule has 0 bridgehead atoms. The number of benzene rings is 2. The van der Waals surface area contributed by atoms with Gasteiger partial charge in [-0.15, -0.1) is 0 Å². The Hall–Kier alpha value is -0.890. The minimum Gasteiger partial charge on any atom is -0.207 e. The number of halogens is 2. The zero-order valence-electron chi connectivity index (χ0n) is 7.14. The Morgan fingerprint density at radius 2 is 1.92 bits per heavy atom. The zero-order chi connectivity index (χ0) is 9.42. The van der Waals surface area contributed by atoms with Crippen molar-refractivity contribution >= 4 is 26.7 Å².